The van der Waals surface area contributed by atoms with E-state index >= 15 is 0 Å². The molecule has 0 bridgehead atoms. The number of rotatable bonds is 5. The lowest BCUT2D eigenvalue weighted by molar-refractivity contribution is -0.145. The van der Waals surface area contributed by atoms with Crippen LogP contribution in [0.1, 0.15) is 20.3 Å². The third-order valence-electron chi connectivity index (χ3n) is 1.79. The van der Waals surface area contributed by atoms with Crippen molar-refractivity contribution in [2.45, 2.75) is 32.2 Å². The van der Waals surface area contributed by atoms with Crippen LogP contribution < -0.4 is 0 Å². The van der Waals surface area contributed by atoms with Crippen LogP contribution in [0.25, 0.3) is 0 Å². The highest BCUT2D eigenvalue weighted by atomic mass is 79.9. The number of ether oxygens (including phenoxy) is 3. The van der Waals surface area contributed by atoms with Gasteiger partial charge in [-0.2, -0.15) is 0 Å². The molecule has 78 valence electrons. The molecular weight excluding hydrogens is 236 g/mol. The Morgan fingerprint density at radius 3 is 2.85 bits per heavy atom. The van der Waals surface area contributed by atoms with E-state index in [-0.39, 0.29) is 6.10 Å². The maximum atomic E-state index is 5.57. The van der Waals surface area contributed by atoms with Crippen molar-refractivity contribution in [3.8, 4) is 0 Å². The minimum atomic E-state index is -0.427. The van der Waals surface area contributed by atoms with Gasteiger partial charge in [0.2, 0.25) is 0 Å². The van der Waals surface area contributed by atoms with Gasteiger partial charge in [0, 0.05) is 11.9 Å². The standard InChI is InChI=1S/C9H17BrO3/c1-9(2)12-7-8(13-9)6-11-5-3-4-10/h8H,3-7H2,1-2H3. The van der Waals surface area contributed by atoms with Crippen molar-refractivity contribution < 1.29 is 14.2 Å². The van der Waals surface area contributed by atoms with Crippen LogP contribution in [-0.4, -0.2) is 37.0 Å². The molecule has 0 saturated carbocycles. The zero-order valence-corrected chi connectivity index (χ0v) is 9.80. The molecule has 0 N–H and O–H groups in total. The molecule has 13 heavy (non-hydrogen) atoms. The first-order valence-electron chi connectivity index (χ1n) is 4.59. The largest absolute Gasteiger partial charge is 0.379 e. The van der Waals surface area contributed by atoms with Gasteiger partial charge >= 0.3 is 0 Å². The summed E-state index contributed by atoms with van der Waals surface area (Å²) in [6, 6.07) is 0. The summed E-state index contributed by atoms with van der Waals surface area (Å²) in [7, 11) is 0. The molecule has 0 aromatic rings. The molecule has 0 aliphatic carbocycles. The van der Waals surface area contributed by atoms with Gasteiger partial charge in [0.1, 0.15) is 6.10 Å². The van der Waals surface area contributed by atoms with Gasteiger partial charge in [-0.3, -0.25) is 0 Å². The lowest BCUT2D eigenvalue weighted by Crippen LogP contribution is -2.24. The quantitative estimate of drug-likeness (QED) is 0.553. The zero-order chi connectivity index (χ0) is 9.73. The Bertz CT molecular complexity index is 150. The van der Waals surface area contributed by atoms with Crippen LogP contribution in [-0.2, 0) is 14.2 Å². The number of hydrogen-bond acceptors (Lipinski definition) is 3. The van der Waals surface area contributed by atoms with E-state index in [0.717, 1.165) is 18.4 Å². The van der Waals surface area contributed by atoms with E-state index in [1.807, 2.05) is 13.8 Å². The van der Waals surface area contributed by atoms with E-state index in [0.29, 0.717) is 13.2 Å². The molecule has 1 aliphatic heterocycles. The Labute approximate surface area is 87.9 Å². The number of hydrogen-bond donors (Lipinski definition) is 0. The van der Waals surface area contributed by atoms with Gasteiger partial charge in [0.25, 0.3) is 0 Å². The summed E-state index contributed by atoms with van der Waals surface area (Å²) in [5, 5.41) is 0.987. The summed E-state index contributed by atoms with van der Waals surface area (Å²) in [6.45, 7) is 5.90. The molecule has 0 radical (unpaired) electrons. The van der Waals surface area contributed by atoms with E-state index in [9.17, 15) is 0 Å². The van der Waals surface area contributed by atoms with Crippen molar-refractivity contribution in [1.82, 2.24) is 0 Å². The highest BCUT2D eigenvalue weighted by Crippen LogP contribution is 2.22. The third-order valence-corrected chi connectivity index (χ3v) is 2.35. The van der Waals surface area contributed by atoms with Gasteiger partial charge in [0.05, 0.1) is 13.2 Å². The first-order chi connectivity index (χ1) is 6.14. The molecule has 1 heterocycles. The fourth-order valence-corrected chi connectivity index (χ4v) is 1.45. The van der Waals surface area contributed by atoms with Crippen LogP contribution in [0.3, 0.4) is 0 Å². The second-order valence-electron chi connectivity index (χ2n) is 3.57. The third kappa shape index (κ3) is 4.40. The molecule has 0 aromatic heterocycles. The monoisotopic (exact) mass is 252 g/mol. The maximum Gasteiger partial charge on any atom is 0.163 e. The topological polar surface area (TPSA) is 27.7 Å². The molecule has 0 aromatic carbocycles. The number of halogens is 1. The summed E-state index contributed by atoms with van der Waals surface area (Å²) < 4.78 is 16.4. The summed E-state index contributed by atoms with van der Waals surface area (Å²) in [4.78, 5) is 0. The Kier molecular flexibility index (Phi) is 4.66. The van der Waals surface area contributed by atoms with Gasteiger partial charge in [0.15, 0.2) is 5.79 Å². The van der Waals surface area contributed by atoms with Gasteiger partial charge in [-0.25, -0.2) is 0 Å². The SMILES string of the molecule is CC1(C)OCC(COCCCBr)O1. The van der Waals surface area contributed by atoms with Crippen molar-refractivity contribution in [1.29, 1.82) is 0 Å². The summed E-state index contributed by atoms with van der Waals surface area (Å²) >= 11 is 3.35. The molecule has 0 amide bonds. The predicted octanol–water partition coefficient (Wildman–Crippen LogP) is 1.94. The maximum absolute atomic E-state index is 5.57. The summed E-state index contributed by atoms with van der Waals surface area (Å²) in [6.07, 6.45) is 1.14. The lowest BCUT2D eigenvalue weighted by atomic mass is 10.4. The Balaban J connectivity index is 2.04. The van der Waals surface area contributed by atoms with E-state index in [4.69, 9.17) is 14.2 Å². The molecule has 1 aliphatic rings. The van der Waals surface area contributed by atoms with Gasteiger partial charge in [-0.15, -0.1) is 0 Å². The second-order valence-corrected chi connectivity index (χ2v) is 4.36. The van der Waals surface area contributed by atoms with Crippen molar-refractivity contribution in [3.63, 3.8) is 0 Å². The van der Waals surface area contributed by atoms with E-state index < -0.39 is 5.79 Å². The molecular formula is C9H17BrO3. The zero-order valence-electron chi connectivity index (χ0n) is 8.22. The van der Waals surface area contributed by atoms with Gasteiger partial charge in [-0.1, -0.05) is 15.9 Å². The Morgan fingerprint density at radius 1 is 1.54 bits per heavy atom. The minimum absolute atomic E-state index is 0.102. The molecule has 1 saturated heterocycles. The molecule has 4 heteroatoms. The molecule has 3 nitrogen and oxygen atoms in total. The van der Waals surface area contributed by atoms with Crippen LogP contribution in [0.5, 0.6) is 0 Å². The lowest BCUT2D eigenvalue weighted by Gasteiger charge is -2.16. The fraction of sp³-hybridized carbons (Fsp3) is 1.00. The molecule has 0 spiro atoms. The minimum Gasteiger partial charge on any atom is -0.379 e. The normalized spacial score (nSPS) is 26.5. The Hall–Kier alpha value is 0.360. The van der Waals surface area contributed by atoms with E-state index in [2.05, 4.69) is 15.9 Å². The van der Waals surface area contributed by atoms with Crippen molar-refractivity contribution >= 4 is 15.9 Å². The van der Waals surface area contributed by atoms with Crippen LogP contribution >= 0.6 is 15.9 Å². The van der Waals surface area contributed by atoms with Gasteiger partial charge < -0.3 is 14.2 Å². The number of alkyl halides is 1. The van der Waals surface area contributed by atoms with Crippen LogP contribution in [0, 0.1) is 0 Å². The fourth-order valence-electron chi connectivity index (χ4n) is 1.22. The second kappa shape index (κ2) is 5.29. The smallest absolute Gasteiger partial charge is 0.163 e. The van der Waals surface area contributed by atoms with Crippen LogP contribution in [0.4, 0.5) is 0 Å². The van der Waals surface area contributed by atoms with E-state index in [1.54, 1.807) is 0 Å². The van der Waals surface area contributed by atoms with Crippen molar-refractivity contribution in [2.24, 2.45) is 0 Å². The highest BCUT2D eigenvalue weighted by Gasteiger charge is 2.32. The molecule has 1 unspecified atom stereocenters. The molecule has 1 rings (SSSR count). The van der Waals surface area contributed by atoms with E-state index in [1.165, 1.54) is 0 Å². The first-order valence-corrected chi connectivity index (χ1v) is 5.72. The molecule has 1 fully saturated rings. The first kappa shape index (κ1) is 11.4. The van der Waals surface area contributed by atoms with Crippen molar-refractivity contribution in [2.75, 3.05) is 25.2 Å². The highest BCUT2D eigenvalue weighted by molar-refractivity contribution is 9.09. The molecule has 1 atom stereocenters. The van der Waals surface area contributed by atoms with Crippen LogP contribution in [0.15, 0.2) is 0 Å². The predicted molar refractivity (Wildman–Crippen MR) is 54.1 cm³/mol. The Morgan fingerprint density at radius 2 is 2.31 bits per heavy atom. The van der Waals surface area contributed by atoms with Gasteiger partial charge in [-0.05, 0) is 20.3 Å². The van der Waals surface area contributed by atoms with Crippen LogP contribution in [0.2, 0.25) is 0 Å². The summed E-state index contributed by atoms with van der Waals surface area (Å²) in [5.74, 6) is -0.427. The average molecular weight is 253 g/mol. The van der Waals surface area contributed by atoms with Crippen molar-refractivity contribution in [3.05, 3.63) is 0 Å². The summed E-state index contributed by atoms with van der Waals surface area (Å²) in [5.41, 5.74) is 0. The average Bonchev–Trinajstić information content (AvgIpc) is 2.40.